The van der Waals surface area contributed by atoms with Crippen LogP contribution in [0.15, 0.2) is 43.0 Å². The minimum Gasteiger partial charge on any atom is -0.450 e. The molecular weight excluding hydrogens is 423 g/mol. The van der Waals surface area contributed by atoms with E-state index in [-0.39, 0.29) is 35.3 Å². The third-order valence-corrected chi connectivity index (χ3v) is 5.67. The lowest BCUT2D eigenvalue weighted by atomic mass is 9.93. The SMILES string of the molecule is C=CCCc1ccc(-c2cc3c(c(F)c2F)Oc2c(ccc(CCC)c2F)C3)c(F)c1F. The van der Waals surface area contributed by atoms with Gasteiger partial charge in [-0.25, -0.2) is 17.6 Å². The Bertz CT molecular complexity index is 1220. The Hall–Kier alpha value is -3.15. The molecule has 0 N–H and O–H groups in total. The predicted octanol–water partition coefficient (Wildman–Crippen LogP) is 7.82. The number of hydrogen-bond donors (Lipinski definition) is 0. The maximum atomic E-state index is 14.9. The van der Waals surface area contributed by atoms with Gasteiger partial charge in [-0.2, -0.15) is 4.39 Å². The Balaban J connectivity index is 1.78. The van der Waals surface area contributed by atoms with Crippen molar-refractivity contribution in [1.29, 1.82) is 0 Å². The van der Waals surface area contributed by atoms with Crippen LogP contribution in [0.4, 0.5) is 22.0 Å². The van der Waals surface area contributed by atoms with Gasteiger partial charge in [0, 0.05) is 28.7 Å². The number of benzene rings is 3. The summed E-state index contributed by atoms with van der Waals surface area (Å²) in [6, 6.07) is 7.14. The lowest BCUT2D eigenvalue weighted by Gasteiger charge is -2.23. The number of rotatable bonds is 6. The highest BCUT2D eigenvalue weighted by Crippen LogP contribution is 2.44. The van der Waals surface area contributed by atoms with Gasteiger partial charge in [-0.3, -0.25) is 0 Å². The summed E-state index contributed by atoms with van der Waals surface area (Å²) >= 11 is 0. The summed E-state index contributed by atoms with van der Waals surface area (Å²) in [4.78, 5) is 0. The van der Waals surface area contributed by atoms with E-state index in [2.05, 4.69) is 6.58 Å². The average molecular weight is 444 g/mol. The largest absolute Gasteiger partial charge is 0.450 e. The van der Waals surface area contributed by atoms with Crippen LogP contribution >= 0.6 is 0 Å². The van der Waals surface area contributed by atoms with E-state index in [9.17, 15) is 22.0 Å². The summed E-state index contributed by atoms with van der Waals surface area (Å²) in [6.45, 7) is 5.45. The van der Waals surface area contributed by atoms with Gasteiger partial charge >= 0.3 is 0 Å². The number of hydrogen-bond acceptors (Lipinski definition) is 1. The summed E-state index contributed by atoms with van der Waals surface area (Å²) in [6.07, 6.45) is 3.54. The lowest BCUT2D eigenvalue weighted by Crippen LogP contribution is -2.10. The number of halogens is 5. The maximum absolute atomic E-state index is 14.9. The first-order valence-corrected chi connectivity index (χ1v) is 10.4. The first-order valence-electron chi connectivity index (χ1n) is 10.4. The zero-order valence-electron chi connectivity index (χ0n) is 17.5. The smallest absolute Gasteiger partial charge is 0.202 e. The Morgan fingerprint density at radius 3 is 2.16 bits per heavy atom. The predicted molar refractivity (Wildman–Crippen MR) is 114 cm³/mol. The average Bonchev–Trinajstić information content (AvgIpc) is 2.79. The van der Waals surface area contributed by atoms with Crippen LogP contribution in [0.3, 0.4) is 0 Å². The fourth-order valence-corrected chi connectivity index (χ4v) is 4.00. The van der Waals surface area contributed by atoms with Gasteiger partial charge in [0.1, 0.15) is 0 Å². The molecule has 0 fully saturated rings. The Kier molecular flexibility index (Phi) is 6.04. The number of aryl methyl sites for hydroxylation is 2. The fourth-order valence-electron chi connectivity index (χ4n) is 4.00. The molecule has 166 valence electrons. The number of fused-ring (bicyclic) bond motifs is 2. The summed E-state index contributed by atoms with van der Waals surface area (Å²) < 4.78 is 79.3. The topological polar surface area (TPSA) is 9.23 Å². The molecule has 0 atom stereocenters. The highest BCUT2D eigenvalue weighted by Gasteiger charge is 2.29. The molecule has 3 aromatic rings. The highest BCUT2D eigenvalue weighted by atomic mass is 19.2. The van der Waals surface area contributed by atoms with E-state index in [1.54, 1.807) is 18.2 Å². The summed E-state index contributed by atoms with van der Waals surface area (Å²) in [5.41, 5.74) is 0.451. The van der Waals surface area contributed by atoms with Gasteiger partial charge in [0.2, 0.25) is 5.82 Å². The van der Waals surface area contributed by atoms with Gasteiger partial charge in [-0.1, -0.05) is 43.7 Å². The molecule has 1 aliphatic heterocycles. The van der Waals surface area contributed by atoms with E-state index < -0.39 is 40.4 Å². The van der Waals surface area contributed by atoms with Crippen LogP contribution in [-0.4, -0.2) is 0 Å². The second kappa shape index (κ2) is 8.77. The standard InChI is InChI=1S/C26H21F5O/c1-3-5-7-15-10-11-18(22(29)20(15)27)19-13-17-12-16-9-8-14(6-4-2)21(28)25(16)32-26(17)24(31)23(19)30/h3,8-11,13H,1,4-7,12H2,2H3. The second-order valence-corrected chi connectivity index (χ2v) is 7.82. The van der Waals surface area contributed by atoms with Crippen molar-refractivity contribution in [3.8, 4) is 22.6 Å². The van der Waals surface area contributed by atoms with Gasteiger partial charge in [-0.15, -0.1) is 6.58 Å². The molecule has 0 unspecified atom stereocenters. The summed E-state index contributed by atoms with van der Waals surface area (Å²) in [5.74, 6) is -6.25. The van der Waals surface area contributed by atoms with Crippen molar-refractivity contribution in [1.82, 2.24) is 0 Å². The van der Waals surface area contributed by atoms with Crippen molar-refractivity contribution in [2.45, 2.75) is 39.0 Å². The zero-order valence-corrected chi connectivity index (χ0v) is 17.5. The molecule has 32 heavy (non-hydrogen) atoms. The molecule has 1 aliphatic rings. The molecular formula is C26H21F5O. The molecule has 1 nitrogen and oxygen atoms in total. The Morgan fingerprint density at radius 1 is 0.781 bits per heavy atom. The van der Waals surface area contributed by atoms with Crippen LogP contribution in [0.25, 0.3) is 11.1 Å². The highest BCUT2D eigenvalue weighted by molar-refractivity contribution is 5.69. The van der Waals surface area contributed by atoms with Crippen molar-refractivity contribution in [2.75, 3.05) is 0 Å². The van der Waals surface area contributed by atoms with Crippen molar-refractivity contribution in [3.05, 3.63) is 94.3 Å². The molecule has 0 bridgehead atoms. The summed E-state index contributed by atoms with van der Waals surface area (Å²) in [7, 11) is 0. The van der Waals surface area contributed by atoms with Crippen LogP contribution in [0, 0.1) is 29.1 Å². The quantitative estimate of drug-likeness (QED) is 0.218. The first kappa shape index (κ1) is 22.1. The number of ether oxygens (including phenoxy) is 1. The van der Waals surface area contributed by atoms with Crippen molar-refractivity contribution in [2.24, 2.45) is 0 Å². The molecule has 0 amide bonds. The van der Waals surface area contributed by atoms with E-state index in [0.717, 1.165) is 0 Å². The molecule has 0 aliphatic carbocycles. The van der Waals surface area contributed by atoms with E-state index in [1.807, 2.05) is 6.92 Å². The molecule has 0 aromatic heterocycles. The third-order valence-electron chi connectivity index (χ3n) is 5.67. The number of allylic oxidation sites excluding steroid dienone is 1. The minimum absolute atomic E-state index is 0.0692. The molecule has 1 heterocycles. The van der Waals surface area contributed by atoms with Gasteiger partial charge in [-0.05, 0) is 36.5 Å². The van der Waals surface area contributed by atoms with Crippen molar-refractivity contribution < 1.29 is 26.7 Å². The van der Waals surface area contributed by atoms with E-state index in [4.69, 9.17) is 4.74 Å². The molecule has 3 aromatic carbocycles. The Labute approximate surface area is 183 Å². The van der Waals surface area contributed by atoms with Gasteiger partial charge in [0.05, 0.1) is 0 Å². The van der Waals surface area contributed by atoms with Gasteiger partial charge in [0.15, 0.2) is 34.8 Å². The van der Waals surface area contributed by atoms with Crippen LogP contribution in [0.5, 0.6) is 11.5 Å². The third kappa shape index (κ3) is 3.68. The normalized spacial score (nSPS) is 12.2. The van der Waals surface area contributed by atoms with Crippen LogP contribution in [0.1, 0.15) is 42.0 Å². The first-order chi connectivity index (χ1) is 15.4. The zero-order chi connectivity index (χ0) is 23.0. The fraction of sp³-hybridized carbons (Fsp3) is 0.231. The maximum Gasteiger partial charge on any atom is 0.202 e. The van der Waals surface area contributed by atoms with Crippen molar-refractivity contribution in [3.63, 3.8) is 0 Å². The summed E-state index contributed by atoms with van der Waals surface area (Å²) in [5, 5.41) is 0. The monoisotopic (exact) mass is 444 g/mol. The van der Waals surface area contributed by atoms with E-state index in [1.165, 1.54) is 18.2 Å². The molecule has 4 rings (SSSR count). The molecule has 0 saturated heterocycles. The van der Waals surface area contributed by atoms with Crippen LogP contribution in [0.2, 0.25) is 0 Å². The minimum atomic E-state index is -1.38. The molecule has 0 saturated carbocycles. The molecule has 6 heteroatoms. The van der Waals surface area contributed by atoms with Crippen LogP contribution in [-0.2, 0) is 19.3 Å². The van der Waals surface area contributed by atoms with E-state index >= 15 is 0 Å². The van der Waals surface area contributed by atoms with Gasteiger partial charge < -0.3 is 4.74 Å². The Morgan fingerprint density at radius 2 is 1.44 bits per heavy atom. The lowest BCUT2D eigenvalue weighted by molar-refractivity contribution is 0.380. The molecule has 0 radical (unpaired) electrons. The molecule has 0 spiro atoms. The van der Waals surface area contributed by atoms with E-state index in [0.29, 0.717) is 30.4 Å². The van der Waals surface area contributed by atoms with Crippen LogP contribution < -0.4 is 4.74 Å². The van der Waals surface area contributed by atoms with Gasteiger partial charge in [0.25, 0.3) is 0 Å². The second-order valence-electron chi connectivity index (χ2n) is 7.82. The van der Waals surface area contributed by atoms with Crippen molar-refractivity contribution >= 4 is 0 Å².